The third kappa shape index (κ3) is 2.75. The van der Waals surface area contributed by atoms with Gasteiger partial charge in [0.2, 0.25) is 5.88 Å². The number of methoxy groups -OCH3 is 1. The molecule has 0 radical (unpaired) electrons. The largest absolute Gasteiger partial charge is 0.480 e. The summed E-state index contributed by atoms with van der Waals surface area (Å²) in [7, 11) is 1.49. The van der Waals surface area contributed by atoms with Crippen LogP contribution in [0.4, 0.5) is 5.69 Å². The zero-order chi connectivity index (χ0) is 13.0. The molecule has 18 heavy (non-hydrogen) atoms. The Morgan fingerprint density at radius 1 is 1.33 bits per heavy atom. The second-order valence-corrected chi connectivity index (χ2v) is 3.77. The number of halogens is 1. The topological polar surface area (TPSA) is 64.1 Å². The normalized spacial score (nSPS) is 9.89. The maximum Gasteiger partial charge on any atom is 0.255 e. The van der Waals surface area contributed by atoms with Gasteiger partial charge < -0.3 is 10.1 Å². The Labute approximate surface area is 109 Å². The summed E-state index contributed by atoms with van der Waals surface area (Å²) >= 11 is 5.72. The Kier molecular flexibility index (Phi) is 3.74. The number of hydrogen-bond acceptors (Lipinski definition) is 4. The Bertz CT molecular complexity index is 575. The van der Waals surface area contributed by atoms with Gasteiger partial charge in [0.15, 0.2) is 0 Å². The zero-order valence-electron chi connectivity index (χ0n) is 9.55. The van der Waals surface area contributed by atoms with Crippen LogP contribution in [0.2, 0.25) is 5.15 Å². The molecule has 2 heterocycles. The predicted molar refractivity (Wildman–Crippen MR) is 68.0 cm³/mol. The summed E-state index contributed by atoms with van der Waals surface area (Å²) in [6.45, 7) is 0. The summed E-state index contributed by atoms with van der Waals surface area (Å²) in [6, 6.07) is 6.47. The lowest BCUT2D eigenvalue weighted by Crippen LogP contribution is -2.13. The minimum atomic E-state index is -0.300. The number of aromatic nitrogens is 2. The number of carbonyl (C=O) groups is 1. The molecule has 0 aromatic carbocycles. The van der Waals surface area contributed by atoms with E-state index in [0.717, 1.165) is 0 Å². The van der Waals surface area contributed by atoms with E-state index in [4.69, 9.17) is 16.3 Å². The number of nitrogens with one attached hydrogen (secondary N) is 1. The number of nitrogens with zero attached hydrogens (tertiary/aromatic N) is 2. The van der Waals surface area contributed by atoms with E-state index < -0.39 is 0 Å². The van der Waals surface area contributed by atoms with Crippen molar-refractivity contribution in [3.8, 4) is 5.88 Å². The SMILES string of the molecule is COc1ncccc1NC(=O)c1ccnc(Cl)c1. The Balaban J connectivity index is 2.21. The molecule has 0 bridgehead atoms. The molecule has 0 atom stereocenters. The van der Waals surface area contributed by atoms with E-state index in [2.05, 4.69) is 15.3 Å². The van der Waals surface area contributed by atoms with Crippen LogP contribution < -0.4 is 10.1 Å². The monoisotopic (exact) mass is 263 g/mol. The molecule has 2 aromatic heterocycles. The highest BCUT2D eigenvalue weighted by atomic mass is 35.5. The summed E-state index contributed by atoms with van der Waals surface area (Å²) in [5, 5.41) is 2.96. The summed E-state index contributed by atoms with van der Waals surface area (Å²) in [5.41, 5.74) is 0.916. The summed E-state index contributed by atoms with van der Waals surface area (Å²) < 4.78 is 5.04. The van der Waals surface area contributed by atoms with Crippen molar-refractivity contribution in [3.63, 3.8) is 0 Å². The maximum absolute atomic E-state index is 12.0. The van der Waals surface area contributed by atoms with Crippen LogP contribution in [0.3, 0.4) is 0 Å². The molecule has 0 saturated heterocycles. The average molecular weight is 264 g/mol. The van der Waals surface area contributed by atoms with Gasteiger partial charge in [-0.15, -0.1) is 0 Å². The molecule has 2 rings (SSSR count). The third-order valence-corrected chi connectivity index (χ3v) is 2.41. The molecule has 5 nitrogen and oxygen atoms in total. The molecule has 0 aliphatic heterocycles. The first-order valence-electron chi connectivity index (χ1n) is 5.12. The van der Waals surface area contributed by atoms with Crippen molar-refractivity contribution < 1.29 is 9.53 Å². The van der Waals surface area contributed by atoms with Gasteiger partial charge in [0.05, 0.1) is 7.11 Å². The van der Waals surface area contributed by atoms with Crippen LogP contribution in [0.5, 0.6) is 5.88 Å². The summed E-state index contributed by atoms with van der Waals surface area (Å²) in [5.74, 6) is 0.0524. The maximum atomic E-state index is 12.0. The minimum absolute atomic E-state index is 0.265. The van der Waals surface area contributed by atoms with Crippen molar-refractivity contribution in [2.24, 2.45) is 0 Å². The Hall–Kier alpha value is -2.14. The van der Waals surface area contributed by atoms with Crippen molar-refractivity contribution in [2.75, 3.05) is 12.4 Å². The molecule has 1 N–H and O–H groups in total. The van der Waals surface area contributed by atoms with Crippen molar-refractivity contribution >= 4 is 23.2 Å². The third-order valence-electron chi connectivity index (χ3n) is 2.20. The first-order valence-corrected chi connectivity index (χ1v) is 5.50. The predicted octanol–water partition coefficient (Wildman–Crippen LogP) is 2.39. The van der Waals surface area contributed by atoms with Gasteiger partial charge in [-0.3, -0.25) is 4.79 Å². The number of amides is 1. The number of pyridine rings is 2. The van der Waals surface area contributed by atoms with E-state index in [-0.39, 0.29) is 11.1 Å². The fourth-order valence-electron chi connectivity index (χ4n) is 1.39. The average Bonchev–Trinajstić information content (AvgIpc) is 2.39. The summed E-state index contributed by atoms with van der Waals surface area (Å²) in [4.78, 5) is 19.8. The van der Waals surface area contributed by atoms with Crippen molar-refractivity contribution in [1.82, 2.24) is 9.97 Å². The molecule has 0 aliphatic rings. The fraction of sp³-hybridized carbons (Fsp3) is 0.0833. The Morgan fingerprint density at radius 3 is 2.89 bits per heavy atom. The van der Waals surface area contributed by atoms with E-state index in [0.29, 0.717) is 17.1 Å². The number of carbonyl (C=O) groups excluding carboxylic acids is 1. The van der Waals surface area contributed by atoms with Crippen LogP contribution in [0, 0.1) is 0 Å². The van der Waals surface area contributed by atoms with E-state index in [1.165, 1.54) is 19.4 Å². The molecular weight excluding hydrogens is 254 g/mol. The number of rotatable bonds is 3. The first-order chi connectivity index (χ1) is 8.70. The van der Waals surface area contributed by atoms with Crippen LogP contribution in [0.25, 0.3) is 0 Å². The standard InChI is InChI=1S/C12H10ClN3O2/c1-18-12-9(3-2-5-15-12)16-11(17)8-4-6-14-10(13)7-8/h2-7H,1H3,(H,16,17). The molecule has 2 aromatic rings. The number of ether oxygens (including phenoxy) is 1. The molecule has 1 amide bonds. The molecule has 0 fully saturated rings. The van der Waals surface area contributed by atoms with Crippen LogP contribution >= 0.6 is 11.6 Å². The van der Waals surface area contributed by atoms with Crippen LogP contribution in [0.15, 0.2) is 36.7 Å². The highest BCUT2D eigenvalue weighted by Crippen LogP contribution is 2.20. The van der Waals surface area contributed by atoms with Gasteiger partial charge in [0, 0.05) is 18.0 Å². The lowest BCUT2D eigenvalue weighted by Gasteiger charge is -2.08. The van der Waals surface area contributed by atoms with Crippen LogP contribution in [-0.4, -0.2) is 23.0 Å². The van der Waals surface area contributed by atoms with Gasteiger partial charge in [-0.2, -0.15) is 0 Å². The van der Waals surface area contributed by atoms with Gasteiger partial charge in [-0.1, -0.05) is 11.6 Å². The van der Waals surface area contributed by atoms with Gasteiger partial charge in [-0.25, -0.2) is 9.97 Å². The summed E-state index contributed by atoms with van der Waals surface area (Å²) in [6.07, 6.45) is 3.05. The van der Waals surface area contributed by atoms with Crippen LogP contribution in [-0.2, 0) is 0 Å². The van der Waals surface area contributed by atoms with Gasteiger partial charge in [0.1, 0.15) is 10.8 Å². The first kappa shape index (κ1) is 12.3. The lowest BCUT2D eigenvalue weighted by atomic mass is 10.2. The second-order valence-electron chi connectivity index (χ2n) is 3.38. The van der Waals surface area contributed by atoms with Gasteiger partial charge >= 0.3 is 0 Å². The molecule has 0 unspecified atom stereocenters. The van der Waals surface area contributed by atoms with Crippen LogP contribution in [0.1, 0.15) is 10.4 Å². The second kappa shape index (κ2) is 5.46. The quantitative estimate of drug-likeness (QED) is 0.864. The van der Waals surface area contributed by atoms with E-state index in [9.17, 15) is 4.79 Å². The molecule has 92 valence electrons. The number of hydrogen-bond donors (Lipinski definition) is 1. The minimum Gasteiger partial charge on any atom is -0.480 e. The molecule has 0 saturated carbocycles. The Morgan fingerprint density at radius 2 is 2.17 bits per heavy atom. The van der Waals surface area contributed by atoms with E-state index in [1.54, 1.807) is 24.4 Å². The molecule has 0 aliphatic carbocycles. The van der Waals surface area contributed by atoms with Gasteiger partial charge in [0.25, 0.3) is 5.91 Å². The zero-order valence-corrected chi connectivity index (χ0v) is 10.3. The number of anilines is 1. The van der Waals surface area contributed by atoms with E-state index >= 15 is 0 Å². The van der Waals surface area contributed by atoms with E-state index in [1.807, 2.05) is 0 Å². The molecule has 6 heteroatoms. The molecular formula is C12H10ClN3O2. The highest BCUT2D eigenvalue weighted by molar-refractivity contribution is 6.29. The molecule has 0 spiro atoms. The van der Waals surface area contributed by atoms with Crippen molar-refractivity contribution in [1.29, 1.82) is 0 Å². The lowest BCUT2D eigenvalue weighted by molar-refractivity contribution is 0.102. The van der Waals surface area contributed by atoms with Crippen molar-refractivity contribution in [2.45, 2.75) is 0 Å². The van der Waals surface area contributed by atoms with Gasteiger partial charge in [-0.05, 0) is 24.3 Å². The highest BCUT2D eigenvalue weighted by Gasteiger charge is 2.10. The fourth-order valence-corrected chi connectivity index (χ4v) is 1.56. The van der Waals surface area contributed by atoms with Crippen molar-refractivity contribution in [3.05, 3.63) is 47.4 Å². The smallest absolute Gasteiger partial charge is 0.255 e.